The van der Waals surface area contributed by atoms with Crippen molar-refractivity contribution in [1.29, 1.82) is 0 Å². The molecule has 6 heteroatoms. The van der Waals surface area contributed by atoms with Crippen LogP contribution in [-0.4, -0.2) is 35.5 Å². The van der Waals surface area contributed by atoms with Gasteiger partial charge < -0.3 is 15.2 Å². The second-order valence-electron chi connectivity index (χ2n) is 5.36. The first-order valence-electron chi connectivity index (χ1n) is 6.12. The van der Waals surface area contributed by atoms with Gasteiger partial charge in [-0.1, -0.05) is 13.8 Å². The Morgan fingerprint density at radius 3 is 2.58 bits per heavy atom. The molecule has 0 saturated heterocycles. The van der Waals surface area contributed by atoms with Crippen LogP contribution in [-0.2, 0) is 6.54 Å². The average Bonchev–Trinajstić information content (AvgIpc) is 2.68. The van der Waals surface area contributed by atoms with Crippen molar-refractivity contribution < 1.29 is 4.79 Å². The number of hydrogen-bond acceptors (Lipinski definition) is 2. The maximum absolute atomic E-state index is 12.4. The Hall–Kier alpha value is -0.520. The second kappa shape index (κ2) is 7.31. The second-order valence-corrected chi connectivity index (χ2v) is 6.27. The number of halogens is 2. The highest BCUT2D eigenvalue weighted by molar-refractivity contribution is 9.10. The molecule has 1 amide bonds. The van der Waals surface area contributed by atoms with Crippen molar-refractivity contribution in [2.45, 2.75) is 27.3 Å². The van der Waals surface area contributed by atoms with E-state index in [0.717, 1.165) is 11.0 Å². The maximum Gasteiger partial charge on any atom is 0.270 e. The zero-order valence-electron chi connectivity index (χ0n) is 11.9. The molecule has 0 unspecified atom stereocenters. The van der Waals surface area contributed by atoms with Gasteiger partial charge in [0.05, 0.1) is 0 Å². The summed E-state index contributed by atoms with van der Waals surface area (Å²) in [6, 6.07) is 1.86. The largest absolute Gasteiger partial charge is 0.343 e. The number of aryl methyl sites for hydroxylation is 1. The van der Waals surface area contributed by atoms with E-state index in [0.29, 0.717) is 18.8 Å². The molecule has 0 fully saturated rings. The van der Waals surface area contributed by atoms with E-state index in [9.17, 15) is 4.79 Å². The van der Waals surface area contributed by atoms with Crippen LogP contribution in [0.1, 0.15) is 31.3 Å². The van der Waals surface area contributed by atoms with Crippen LogP contribution in [0.3, 0.4) is 0 Å². The first kappa shape index (κ1) is 18.5. The van der Waals surface area contributed by atoms with Gasteiger partial charge in [0.15, 0.2) is 0 Å². The molecule has 0 aliphatic carbocycles. The van der Waals surface area contributed by atoms with E-state index in [1.165, 1.54) is 0 Å². The van der Waals surface area contributed by atoms with E-state index < -0.39 is 0 Å². The first-order chi connectivity index (χ1) is 8.30. The number of amides is 1. The number of carbonyl (C=O) groups excluding carboxylic acids is 1. The molecule has 1 heterocycles. The van der Waals surface area contributed by atoms with Crippen molar-refractivity contribution >= 4 is 34.2 Å². The van der Waals surface area contributed by atoms with Gasteiger partial charge in [-0.05, 0) is 40.9 Å². The lowest BCUT2D eigenvalue weighted by molar-refractivity contribution is 0.0730. The van der Waals surface area contributed by atoms with Crippen LogP contribution < -0.4 is 5.73 Å². The lowest BCUT2D eigenvalue weighted by Crippen LogP contribution is -2.40. The quantitative estimate of drug-likeness (QED) is 0.886. The molecular weight excluding hydrogens is 330 g/mol. The normalized spacial score (nSPS) is 11.1. The first-order valence-corrected chi connectivity index (χ1v) is 6.91. The zero-order chi connectivity index (χ0) is 13.9. The summed E-state index contributed by atoms with van der Waals surface area (Å²) in [5.74, 6) is 0.0316. The predicted molar refractivity (Wildman–Crippen MR) is 84.8 cm³/mol. The molecule has 1 rings (SSSR count). The molecule has 2 N–H and O–H groups in total. The third-order valence-corrected chi connectivity index (χ3v) is 3.42. The smallest absolute Gasteiger partial charge is 0.270 e. The Kier molecular flexibility index (Phi) is 7.11. The third-order valence-electron chi connectivity index (χ3n) is 2.99. The molecule has 0 aliphatic heterocycles. The van der Waals surface area contributed by atoms with Crippen molar-refractivity contribution in [2.75, 3.05) is 20.1 Å². The SMILES string of the molecule is CCn1cc(Br)cc1C(=O)N(C)CC(C)(C)CN.Cl. The van der Waals surface area contributed by atoms with Crippen LogP contribution in [0.4, 0.5) is 0 Å². The molecule has 0 spiro atoms. The van der Waals surface area contributed by atoms with Gasteiger partial charge in [0.2, 0.25) is 0 Å². The summed E-state index contributed by atoms with van der Waals surface area (Å²) in [5, 5.41) is 0. The summed E-state index contributed by atoms with van der Waals surface area (Å²) in [7, 11) is 1.82. The van der Waals surface area contributed by atoms with Crippen molar-refractivity contribution in [3.05, 3.63) is 22.4 Å². The Balaban J connectivity index is 0.00000324. The predicted octanol–water partition coefficient (Wildman–Crippen LogP) is 2.75. The minimum absolute atomic E-state index is 0. The van der Waals surface area contributed by atoms with Crippen molar-refractivity contribution in [2.24, 2.45) is 11.1 Å². The van der Waals surface area contributed by atoms with E-state index >= 15 is 0 Å². The summed E-state index contributed by atoms with van der Waals surface area (Å²) in [6.45, 7) is 8.13. The van der Waals surface area contributed by atoms with Gasteiger partial charge in [0.1, 0.15) is 5.69 Å². The van der Waals surface area contributed by atoms with E-state index in [4.69, 9.17) is 5.73 Å². The van der Waals surface area contributed by atoms with E-state index in [2.05, 4.69) is 29.8 Å². The topological polar surface area (TPSA) is 51.3 Å². The molecule has 1 aromatic heterocycles. The number of nitrogens with zero attached hydrogens (tertiary/aromatic N) is 2. The molecule has 0 saturated carbocycles. The highest BCUT2D eigenvalue weighted by atomic mass is 79.9. The molecule has 19 heavy (non-hydrogen) atoms. The fraction of sp³-hybridized carbons (Fsp3) is 0.615. The Morgan fingerprint density at radius 1 is 1.53 bits per heavy atom. The molecule has 0 bridgehead atoms. The summed E-state index contributed by atoms with van der Waals surface area (Å²) in [4.78, 5) is 14.1. The zero-order valence-corrected chi connectivity index (χ0v) is 14.3. The van der Waals surface area contributed by atoms with Gasteiger partial charge in [0, 0.05) is 30.8 Å². The van der Waals surface area contributed by atoms with Crippen molar-refractivity contribution in [3.63, 3.8) is 0 Å². The highest BCUT2D eigenvalue weighted by Crippen LogP contribution is 2.19. The minimum Gasteiger partial charge on any atom is -0.343 e. The van der Waals surface area contributed by atoms with Crippen LogP contribution in [0.25, 0.3) is 0 Å². The van der Waals surface area contributed by atoms with Crippen LogP contribution >= 0.6 is 28.3 Å². The fourth-order valence-corrected chi connectivity index (χ4v) is 2.35. The standard InChI is InChI=1S/C13H22BrN3O.ClH/c1-5-17-7-10(14)6-11(17)12(18)16(4)9-13(2,3)8-15;/h6-7H,5,8-9,15H2,1-4H3;1H. The van der Waals surface area contributed by atoms with E-state index in [-0.39, 0.29) is 23.7 Å². The summed E-state index contributed by atoms with van der Waals surface area (Å²) >= 11 is 3.40. The summed E-state index contributed by atoms with van der Waals surface area (Å²) in [5.41, 5.74) is 6.35. The fourth-order valence-electron chi connectivity index (χ4n) is 1.89. The Labute approximate surface area is 129 Å². The lowest BCUT2D eigenvalue weighted by atomic mass is 9.93. The molecule has 4 nitrogen and oxygen atoms in total. The average molecular weight is 353 g/mol. The molecule has 0 atom stereocenters. The maximum atomic E-state index is 12.4. The number of hydrogen-bond donors (Lipinski definition) is 1. The van der Waals surface area contributed by atoms with Gasteiger partial charge in [-0.15, -0.1) is 12.4 Å². The van der Waals surface area contributed by atoms with Crippen LogP contribution in [0.15, 0.2) is 16.7 Å². The number of aromatic nitrogens is 1. The van der Waals surface area contributed by atoms with Gasteiger partial charge in [-0.3, -0.25) is 4.79 Å². The molecule has 0 radical (unpaired) electrons. The molecular formula is C13H23BrClN3O. The Morgan fingerprint density at radius 2 is 2.11 bits per heavy atom. The third kappa shape index (κ3) is 4.82. The van der Waals surface area contributed by atoms with Gasteiger partial charge >= 0.3 is 0 Å². The number of rotatable bonds is 5. The highest BCUT2D eigenvalue weighted by Gasteiger charge is 2.23. The van der Waals surface area contributed by atoms with Crippen molar-refractivity contribution in [1.82, 2.24) is 9.47 Å². The van der Waals surface area contributed by atoms with Gasteiger partial charge in [-0.25, -0.2) is 0 Å². The van der Waals surface area contributed by atoms with Crippen molar-refractivity contribution in [3.8, 4) is 0 Å². The number of nitrogens with two attached hydrogens (primary N) is 1. The van der Waals surface area contributed by atoms with Crippen LogP contribution in [0, 0.1) is 5.41 Å². The molecule has 0 aliphatic rings. The monoisotopic (exact) mass is 351 g/mol. The summed E-state index contributed by atoms with van der Waals surface area (Å²) in [6.07, 6.45) is 1.93. The minimum atomic E-state index is -0.0642. The van der Waals surface area contributed by atoms with Gasteiger partial charge in [-0.2, -0.15) is 0 Å². The Bertz CT molecular complexity index is 432. The summed E-state index contributed by atoms with van der Waals surface area (Å²) < 4.78 is 2.87. The van der Waals surface area contributed by atoms with Gasteiger partial charge in [0.25, 0.3) is 5.91 Å². The van der Waals surface area contributed by atoms with E-state index in [1.807, 2.05) is 30.8 Å². The number of carbonyl (C=O) groups is 1. The van der Waals surface area contributed by atoms with Crippen LogP contribution in [0.2, 0.25) is 0 Å². The van der Waals surface area contributed by atoms with Crippen LogP contribution in [0.5, 0.6) is 0 Å². The molecule has 1 aromatic rings. The van der Waals surface area contributed by atoms with E-state index in [1.54, 1.807) is 4.90 Å². The molecule has 0 aromatic carbocycles. The molecule has 110 valence electrons. The lowest BCUT2D eigenvalue weighted by Gasteiger charge is -2.29.